The number of benzene rings is 1. The number of ether oxygens (including phenoxy) is 2. The monoisotopic (exact) mass is 489 g/mol. The van der Waals surface area contributed by atoms with Crippen LogP contribution in [0.3, 0.4) is 0 Å². The van der Waals surface area contributed by atoms with Crippen molar-refractivity contribution >= 4 is 11.8 Å². The second-order valence-electron chi connectivity index (χ2n) is 7.87. The van der Waals surface area contributed by atoms with Gasteiger partial charge in [-0.1, -0.05) is 13.0 Å². The lowest BCUT2D eigenvalue weighted by molar-refractivity contribution is -0.272. The number of halogens is 5. The van der Waals surface area contributed by atoms with Gasteiger partial charge in [0, 0.05) is 23.6 Å². The van der Waals surface area contributed by atoms with E-state index in [0.29, 0.717) is 10.8 Å². The Hall–Kier alpha value is -3.48. The molecule has 1 aliphatic heterocycles. The van der Waals surface area contributed by atoms with Crippen molar-refractivity contribution < 1.29 is 46.2 Å². The molecule has 13 heteroatoms. The predicted molar refractivity (Wildman–Crippen MR) is 105 cm³/mol. The molecule has 1 aromatic carbocycles. The second-order valence-corrected chi connectivity index (χ2v) is 7.87. The van der Waals surface area contributed by atoms with E-state index in [-0.39, 0.29) is 10.9 Å². The smallest absolute Gasteiger partial charge is 0.417 e. The van der Waals surface area contributed by atoms with Gasteiger partial charge in [0.2, 0.25) is 5.82 Å². The fourth-order valence-corrected chi connectivity index (χ4v) is 3.95. The lowest BCUT2D eigenvalue weighted by atomic mass is 9.77. The van der Waals surface area contributed by atoms with Crippen molar-refractivity contribution in [3.63, 3.8) is 0 Å². The van der Waals surface area contributed by atoms with Crippen LogP contribution in [0.1, 0.15) is 35.8 Å². The fraction of sp³-hybridized carbons (Fsp3) is 0.381. The first-order valence-corrected chi connectivity index (χ1v) is 9.79. The van der Waals surface area contributed by atoms with Gasteiger partial charge >= 0.3 is 6.18 Å². The molecule has 3 rings (SSSR count). The number of hydrogen-bond acceptors (Lipinski definition) is 5. The average Bonchev–Trinajstić information content (AvgIpc) is 3.03. The Morgan fingerprint density at radius 3 is 2.47 bits per heavy atom. The topological polar surface area (TPSA) is 116 Å². The Bertz CT molecular complexity index is 1210. The van der Waals surface area contributed by atoms with Crippen molar-refractivity contribution in [3.05, 3.63) is 58.7 Å². The number of nitrogens with zero attached hydrogens (tertiary/aromatic N) is 2. The summed E-state index contributed by atoms with van der Waals surface area (Å²) in [5.74, 6) is -8.53. The van der Waals surface area contributed by atoms with Crippen LogP contribution in [0.5, 0.6) is 5.75 Å². The van der Waals surface area contributed by atoms with Crippen molar-refractivity contribution in [3.8, 4) is 5.75 Å². The summed E-state index contributed by atoms with van der Waals surface area (Å²) in [5.41, 5.74) is 1.61. The Balaban J connectivity index is 2.18. The zero-order chi connectivity index (χ0) is 25.6. The third-order valence-corrected chi connectivity index (χ3v) is 5.97. The van der Waals surface area contributed by atoms with Crippen molar-refractivity contribution in [2.75, 3.05) is 7.11 Å². The molecule has 1 aliphatic rings. The molecule has 1 aromatic heterocycles. The highest BCUT2D eigenvalue weighted by molar-refractivity contribution is 5.91. The standard InChI is InChI=1S/C21H20F5N3O5/c1-9-14(11-4-5-12(22)15(23)16(11)33-3)17(34-20(9,2)21(24,25)26)19(31)28-10-6-7-29(32)13(8-10)18(27)30/h4-9,14,17,32H,1-3H3,(H2,27,30)/t9-,14+,17-,20+/m1/s1. The van der Waals surface area contributed by atoms with Crippen LogP contribution in [0.25, 0.3) is 0 Å². The Kier molecular flexibility index (Phi) is 6.44. The predicted octanol–water partition coefficient (Wildman–Crippen LogP) is 2.68. The number of carbonyl (C=O) groups is 2. The van der Waals surface area contributed by atoms with Crippen LogP contribution in [-0.2, 0) is 9.53 Å². The fourth-order valence-electron chi connectivity index (χ4n) is 3.95. The van der Waals surface area contributed by atoms with E-state index in [2.05, 4.69) is 4.99 Å². The van der Waals surface area contributed by atoms with E-state index in [9.17, 15) is 36.7 Å². The number of aromatic nitrogens is 1. The number of carbonyl (C=O) groups excluding carboxylic acids is 2. The number of nitrogens with two attached hydrogens (primary N) is 1. The zero-order valence-corrected chi connectivity index (χ0v) is 18.1. The lowest BCUT2D eigenvalue weighted by Gasteiger charge is -2.32. The first-order chi connectivity index (χ1) is 15.7. The van der Waals surface area contributed by atoms with Gasteiger partial charge in [0.1, 0.15) is 11.8 Å². The summed E-state index contributed by atoms with van der Waals surface area (Å²) in [6.07, 6.45) is -5.86. The molecular weight excluding hydrogens is 469 g/mol. The van der Waals surface area contributed by atoms with Crippen molar-refractivity contribution in [2.24, 2.45) is 16.6 Å². The molecule has 1 saturated heterocycles. The van der Waals surface area contributed by atoms with Crippen LogP contribution >= 0.6 is 0 Å². The SMILES string of the molecule is COc1c([C@@H]2[C@@H](C)[C@@](C)(C(F)(F)F)O[C@H]2C(=O)N=c2ccn(O)c(C(N)=O)c2)ccc(F)c1F. The van der Waals surface area contributed by atoms with E-state index in [1.54, 1.807) is 0 Å². The molecule has 0 bridgehead atoms. The minimum Gasteiger partial charge on any atom is -0.493 e. The van der Waals surface area contributed by atoms with Crippen LogP contribution in [0.4, 0.5) is 22.0 Å². The highest BCUT2D eigenvalue weighted by atomic mass is 19.4. The third-order valence-electron chi connectivity index (χ3n) is 5.97. The normalized spacial score (nSPS) is 25.4. The summed E-state index contributed by atoms with van der Waals surface area (Å²) in [7, 11) is 1.01. The minimum absolute atomic E-state index is 0.211. The summed E-state index contributed by atoms with van der Waals surface area (Å²) in [6, 6.07) is 3.76. The summed E-state index contributed by atoms with van der Waals surface area (Å²) >= 11 is 0. The Labute approximate surface area is 189 Å². The van der Waals surface area contributed by atoms with Gasteiger partial charge in [0.15, 0.2) is 17.2 Å². The highest BCUT2D eigenvalue weighted by Gasteiger charge is 2.65. The maximum atomic E-state index is 14.4. The van der Waals surface area contributed by atoms with E-state index in [1.807, 2.05) is 0 Å². The van der Waals surface area contributed by atoms with Crippen LogP contribution in [0, 0.1) is 17.6 Å². The van der Waals surface area contributed by atoms with Gasteiger partial charge in [0.25, 0.3) is 11.8 Å². The van der Waals surface area contributed by atoms with Crippen molar-refractivity contribution in [2.45, 2.75) is 37.6 Å². The van der Waals surface area contributed by atoms with Gasteiger partial charge in [-0.25, -0.2) is 9.38 Å². The van der Waals surface area contributed by atoms with E-state index in [4.69, 9.17) is 15.2 Å². The summed E-state index contributed by atoms with van der Waals surface area (Å²) in [6.45, 7) is 1.90. The van der Waals surface area contributed by atoms with Crippen LogP contribution in [0.15, 0.2) is 35.5 Å². The van der Waals surface area contributed by atoms with Crippen LogP contribution < -0.4 is 15.8 Å². The average molecular weight is 489 g/mol. The number of rotatable bonds is 4. The molecule has 1 fully saturated rings. The molecule has 8 nitrogen and oxygen atoms in total. The third kappa shape index (κ3) is 4.11. The van der Waals surface area contributed by atoms with Gasteiger partial charge in [0.05, 0.1) is 12.5 Å². The molecule has 2 amide bonds. The van der Waals surface area contributed by atoms with Gasteiger partial charge in [-0.2, -0.15) is 22.3 Å². The lowest BCUT2D eigenvalue weighted by Crippen LogP contribution is -2.47. The maximum absolute atomic E-state index is 14.4. The summed E-state index contributed by atoms with van der Waals surface area (Å²) < 4.78 is 80.4. The van der Waals surface area contributed by atoms with E-state index in [1.165, 1.54) is 0 Å². The molecular formula is C21H20F5N3O5. The summed E-state index contributed by atoms with van der Waals surface area (Å²) in [5, 5.41) is 9.39. The minimum atomic E-state index is -4.93. The molecule has 0 spiro atoms. The molecule has 0 saturated carbocycles. The quantitative estimate of drug-likeness (QED) is 0.506. The first-order valence-electron chi connectivity index (χ1n) is 9.79. The second kappa shape index (κ2) is 8.70. The molecule has 0 aliphatic carbocycles. The molecule has 34 heavy (non-hydrogen) atoms. The molecule has 0 radical (unpaired) electrons. The van der Waals surface area contributed by atoms with Crippen LogP contribution in [0.2, 0.25) is 0 Å². The molecule has 3 N–H and O–H groups in total. The maximum Gasteiger partial charge on any atom is 0.417 e. The van der Waals surface area contributed by atoms with Gasteiger partial charge in [-0.15, -0.1) is 0 Å². The number of methoxy groups -OCH3 is 1. The molecule has 2 heterocycles. The zero-order valence-electron chi connectivity index (χ0n) is 18.1. The van der Waals surface area contributed by atoms with Gasteiger partial charge in [-0.3, -0.25) is 9.59 Å². The van der Waals surface area contributed by atoms with E-state index < -0.39 is 64.6 Å². The van der Waals surface area contributed by atoms with Crippen molar-refractivity contribution in [1.29, 1.82) is 0 Å². The largest absolute Gasteiger partial charge is 0.493 e. The first kappa shape index (κ1) is 25.1. The molecule has 0 unspecified atom stereocenters. The molecule has 4 atom stereocenters. The van der Waals surface area contributed by atoms with E-state index in [0.717, 1.165) is 45.4 Å². The van der Waals surface area contributed by atoms with Gasteiger partial charge < -0.3 is 20.4 Å². The van der Waals surface area contributed by atoms with Crippen LogP contribution in [-0.4, -0.2) is 46.7 Å². The number of alkyl halides is 3. The highest BCUT2D eigenvalue weighted by Crippen LogP contribution is 2.55. The number of hydrogen-bond donors (Lipinski definition) is 2. The number of amides is 2. The Morgan fingerprint density at radius 1 is 1.26 bits per heavy atom. The Morgan fingerprint density at radius 2 is 1.91 bits per heavy atom. The summed E-state index contributed by atoms with van der Waals surface area (Å²) in [4.78, 5) is 28.1. The van der Waals surface area contributed by atoms with Gasteiger partial charge in [-0.05, 0) is 25.1 Å². The van der Waals surface area contributed by atoms with E-state index >= 15 is 0 Å². The number of primary amides is 1. The molecule has 2 aromatic rings. The number of pyridine rings is 1. The van der Waals surface area contributed by atoms with Crippen molar-refractivity contribution in [1.82, 2.24) is 4.73 Å². The molecule has 184 valence electrons.